The lowest BCUT2D eigenvalue weighted by atomic mass is 10.1. The molecule has 0 atom stereocenters. The number of hydrogen-bond donors (Lipinski definition) is 0. The van der Waals surface area contributed by atoms with E-state index in [-0.39, 0.29) is 9.79 Å². The number of benzene rings is 2. The van der Waals surface area contributed by atoms with Gasteiger partial charge in [0.25, 0.3) is 19.7 Å². The fourth-order valence-electron chi connectivity index (χ4n) is 6.57. The minimum atomic E-state index is -4.71. The zero-order valence-corrected chi connectivity index (χ0v) is 34.2. The molecule has 0 radical (unpaired) electrons. The monoisotopic (exact) mass is 746 g/mol. The highest BCUT2D eigenvalue weighted by atomic mass is 32.3. The van der Waals surface area contributed by atoms with E-state index in [2.05, 4.69) is 18.6 Å². The normalized spacial score (nSPS) is 11.8. The van der Waals surface area contributed by atoms with E-state index < -0.39 is 24.1 Å². The Kier molecular flexibility index (Phi) is 20.8. The molecule has 0 fully saturated rings. The summed E-state index contributed by atoms with van der Waals surface area (Å²) in [6, 6.07) is 5.49. The molecule has 0 bridgehead atoms. The Balaban J connectivity index is 1.99. The van der Waals surface area contributed by atoms with Crippen LogP contribution in [0.4, 0.5) is 0 Å². The minimum Gasteiger partial charge on any atom is -0.493 e. The molecule has 2 aromatic carbocycles. The fourth-order valence-corrected chi connectivity index (χ4v) is 10.2. The third-order valence-electron chi connectivity index (χ3n) is 9.52. The van der Waals surface area contributed by atoms with E-state index in [1.54, 1.807) is 27.7 Å². The predicted octanol–water partition coefficient (Wildman–Crippen LogP) is 11.4. The van der Waals surface area contributed by atoms with Crippen molar-refractivity contribution in [2.45, 2.75) is 180 Å². The Morgan fingerprint density at radius 3 is 1.00 bits per heavy atom. The number of sulfone groups is 2. The van der Waals surface area contributed by atoms with Gasteiger partial charge in [-0.3, -0.25) is 0 Å². The van der Waals surface area contributed by atoms with Crippen LogP contribution < -0.4 is 9.47 Å². The highest BCUT2D eigenvalue weighted by Crippen LogP contribution is 2.32. The molecule has 51 heavy (non-hydrogen) atoms. The van der Waals surface area contributed by atoms with Crippen molar-refractivity contribution < 1.29 is 31.1 Å². The maximum absolute atomic E-state index is 13.7. The van der Waals surface area contributed by atoms with Gasteiger partial charge in [-0.15, -0.1) is 4.79 Å². The van der Waals surface area contributed by atoms with E-state index in [0.29, 0.717) is 47.0 Å². The first-order valence-electron chi connectivity index (χ1n) is 19.6. The van der Waals surface area contributed by atoms with Crippen molar-refractivity contribution in [1.29, 1.82) is 0 Å². The molecule has 0 aromatic heterocycles. The third-order valence-corrected chi connectivity index (χ3v) is 13.6. The van der Waals surface area contributed by atoms with E-state index in [1.165, 1.54) is 114 Å². The molecule has 0 N–H and O–H groups in total. The zero-order valence-electron chi connectivity index (χ0n) is 32.5. The Bertz CT molecular complexity index is 1450. The second kappa shape index (κ2) is 23.8. The molecule has 0 saturated heterocycles. The number of nitrogens with zero attached hydrogens (tertiary/aromatic N) is 2. The lowest BCUT2D eigenvalue weighted by molar-refractivity contribution is 0.00380. The van der Waals surface area contributed by atoms with Crippen LogP contribution >= 0.6 is 0 Å². The van der Waals surface area contributed by atoms with E-state index in [0.717, 1.165) is 38.5 Å². The van der Waals surface area contributed by atoms with Crippen LogP contribution in [0.1, 0.15) is 165 Å². The van der Waals surface area contributed by atoms with Crippen molar-refractivity contribution in [3.63, 3.8) is 0 Å². The molecule has 0 amide bonds. The molecule has 288 valence electrons. The zero-order chi connectivity index (χ0) is 37.7. The third kappa shape index (κ3) is 14.7. The lowest BCUT2D eigenvalue weighted by Crippen LogP contribution is -2.26. The van der Waals surface area contributed by atoms with E-state index in [1.807, 2.05) is 0 Å². The van der Waals surface area contributed by atoms with Gasteiger partial charge in [0.2, 0.25) is 0 Å². The average molecular weight is 747 g/mol. The number of unbranched alkanes of at least 4 members (excludes halogenated alkanes) is 18. The fraction of sp³-hybridized carbons (Fsp3) is 0.683. The summed E-state index contributed by atoms with van der Waals surface area (Å²) >= 11 is 0. The number of aryl methyl sites for hydroxylation is 4. The van der Waals surface area contributed by atoms with E-state index in [4.69, 9.17) is 9.47 Å². The van der Waals surface area contributed by atoms with Crippen molar-refractivity contribution in [1.82, 2.24) is 0 Å². The van der Waals surface area contributed by atoms with Gasteiger partial charge in [-0.1, -0.05) is 129 Å². The van der Waals surface area contributed by atoms with Crippen molar-refractivity contribution in [2.75, 3.05) is 13.2 Å². The van der Waals surface area contributed by atoms with Crippen molar-refractivity contribution in [3.05, 3.63) is 52.1 Å². The van der Waals surface area contributed by atoms with Gasteiger partial charge in [-0.2, -0.15) is 0 Å². The van der Waals surface area contributed by atoms with Gasteiger partial charge in [-0.05, 0) is 87.1 Å². The van der Waals surface area contributed by atoms with Gasteiger partial charge in [0.05, 0.1) is 23.0 Å². The summed E-state index contributed by atoms with van der Waals surface area (Å²) in [7, 11) is -9.42. The average Bonchev–Trinajstić information content (AvgIpc) is 3.07. The van der Waals surface area contributed by atoms with Crippen LogP contribution in [0.25, 0.3) is 5.53 Å². The van der Waals surface area contributed by atoms with Gasteiger partial charge < -0.3 is 15.0 Å². The Hall–Kier alpha value is -2.68. The molecule has 0 aliphatic heterocycles. The molecule has 2 rings (SSSR count). The van der Waals surface area contributed by atoms with Gasteiger partial charge in [0, 0.05) is 0 Å². The Morgan fingerprint density at radius 1 is 0.490 bits per heavy atom. The summed E-state index contributed by atoms with van der Waals surface area (Å²) in [5.41, 5.74) is 12.1. The standard InChI is InChI=1S/C41H66N2O6S2/c1-7-9-11-13-15-17-19-21-23-25-27-48-39-33(3)29-37(30-34(39)4)50(44,45)41(43-42)51(46,47)38-31-35(5)40(36(6)32-38)49-28-26-24-22-20-18-16-14-12-10-8-2/h29-32H,7-28H2,1-6H3. The summed E-state index contributed by atoms with van der Waals surface area (Å²) in [6.45, 7) is 12.4. The van der Waals surface area contributed by atoms with Crippen LogP contribution in [0.2, 0.25) is 0 Å². The van der Waals surface area contributed by atoms with Crippen LogP contribution in [0.15, 0.2) is 34.1 Å². The van der Waals surface area contributed by atoms with Crippen molar-refractivity contribution in [3.8, 4) is 11.5 Å². The lowest BCUT2D eigenvalue weighted by Gasteiger charge is -2.15. The van der Waals surface area contributed by atoms with Crippen LogP contribution in [0, 0.1) is 27.7 Å². The molecule has 0 aliphatic rings. The molecular weight excluding hydrogens is 681 g/mol. The molecule has 0 spiro atoms. The Morgan fingerprint density at radius 2 is 0.745 bits per heavy atom. The SMILES string of the molecule is CCCCCCCCCCCCOc1c(C)cc(S(=O)(=O)C(=[N+]=[N-])S(=O)(=O)c2cc(C)c(OCCCCCCCCCCCC)c(C)c2)cc1C. The second-order valence-electron chi connectivity index (χ2n) is 14.2. The van der Waals surface area contributed by atoms with Gasteiger partial charge in [-0.25, -0.2) is 16.8 Å². The molecule has 0 saturated carbocycles. The number of hydrogen-bond acceptors (Lipinski definition) is 6. The molecule has 0 unspecified atom stereocenters. The van der Waals surface area contributed by atoms with Crippen LogP contribution in [0.3, 0.4) is 0 Å². The molecule has 10 heteroatoms. The van der Waals surface area contributed by atoms with Gasteiger partial charge in [0.15, 0.2) is 0 Å². The highest BCUT2D eigenvalue weighted by Gasteiger charge is 2.44. The first-order chi connectivity index (χ1) is 24.4. The summed E-state index contributed by atoms with van der Waals surface area (Å²) in [6.07, 6.45) is 24.3. The van der Waals surface area contributed by atoms with Crippen molar-refractivity contribution in [2.24, 2.45) is 0 Å². The summed E-state index contributed by atoms with van der Waals surface area (Å²) < 4.78 is 65.5. The second-order valence-corrected chi connectivity index (χ2v) is 18.2. The maximum atomic E-state index is 13.7. The minimum absolute atomic E-state index is 0.273. The largest absolute Gasteiger partial charge is 0.504 e. The van der Waals surface area contributed by atoms with Gasteiger partial charge in [0.1, 0.15) is 11.5 Å². The molecule has 8 nitrogen and oxygen atoms in total. The van der Waals surface area contributed by atoms with Crippen LogP contribution in [0.5, 0.6) is 11.5 Å². The van der Waals surface area contributed by atoms with Crippen molar-refractivity contribution >= 4 is 24.1 Å². The molecule has 0 aliphatic carbocycles. The first kappa shape index (κ1) is 44.5. The Labute approximate surface area is 310 Å². The molecular formula is C41H66N2O6S2. The highest BCUT2D eigenvalue weighted by molar-refractivity contribution is 8.31. The number of rotatable bonds is 26. The maximum Gasteiger partial charge on any atom is 0.504 e. The van der Waals surface area contributed by atoms with Crippen LogP contribution in [-0.4, -0.2) is 39.2 Å². The van der Waals surface area contributed by atoms with E-state index in [9.17, 15) is 22.4 Å². The van der Waals surface area contributed by atoms with E-state index >= 15 is 0 Å². The number of ether oxygens (including phenoxy) is 2. The summed E-state index contributed by atoms with van der Waals surface area (Å²) in [5.74, 6) is 1.16. The first-order valence-corrected chi connectivity index (χ1v) is 22.6. The molecule has 0 heterocycles. The quantitative estimate of drug-likeness (QED) is 0.0310. The molecule has 2 aromatic rings. The van der Waals surface area contributed by atoms with Gasteiger partial charge >= 0.3 is 4.38 Å². The topological polar surface area (TPSA) is 123 Å². The summed E-state index contributed by atoms with van der Waals surface area (Å²) in [4.78, 5) is 2.30. The smallest absolute Gasteiger partial charge is 0.493 e. The predicted molar refractivity (Wildman–Crippen MR) is 210 cm³/mol. The van der Waals surface area contributed by atoms with Crippen LogP contribution in [-0.2, 0) is 19.7 Å². The summed E-state index contributed by atoms with van der Waals surface area (Å²) in [5, 5.41) is 0.